The first-order valence-corrected chi connectivity index (χ1v) is 6.51. The normalized spacial score (nSPS) is 11.4. The van der Waals surface area contributed by atoms with Crippen LogP contribution in [0, 0.1) is 10.8 Å². The summed E-state index contributed by atoms with van der Waals surface area (Å²) < 4.78 is 0. The van der Waals surface area contributed by atoms with Crippen LogP contribution in [-0.4, -0.2) is 22.2 Å². The Labute approximate surface area is 123 Å². The molecular formula is C16H30O4. The predicted molar refractivity (Wildman–Crippen MR) is 83.8 cm³/mol. The summed E-state index contributed by atoms with van der Waals surface area (Å²) >= 11 is 0. The molecule has 0 amide bonds. The zero-order chi connectivity index (χ0) is 17.0. The van der Waals surface area contributed by atoms with Crippen molar-refractivity contribution in [2.45, 2.75) is 55.4 Å². The van der Waals surface area contributed by atoms with Crippen LogP contribution in [0.4, 0.5) is 0 Å². The first-order valence-electron chi connectivity index (χ1n) is 6.51. The van der Waals surface area contributed by atoms with Crippen LogP contribution in [0.5, 0.6) is 0 Å². The number of allylic oxidation sites excluding steroid dienone is 4. The second-order valence-electron chi connectivity index (χ2n) is 6.16. The van der Waals surface area contributed by atoms with Gasteiger partial charge in [0.1, 0.15) is 0 Å². The monoisotopic (exact) mass is 286 g/mol. The fourth-order valence-corrected chi connectivity index (χ4v) is 0.222. The Hall–Kier alpha value is -1.58. The smallest absolute Gasteiger partial charge is 0.308 e. The molecule has 0 aromatic heterocycles. The first kappa shape index (κ1) is 23.5. The molecule has 0 rings (SSSR count). The summed E-state index contributed by atoms with van der Waals surface area (Å²) in [6.07, 6.45) is 8.00. The lowest BCUT2D eigenvalue weighted by molar-refractivity contribution is -0.146. The van der Waals surface area contributed by atoms with Crippen molar-refractivity contribution in [1.82, 2.24) is 0 Å². The van der Waals surface area contributed by atoms with Crippen LogP contribution in [0.25, 0.3) is 0 Å². The van der Waals surface area contributed by atoms with Crippen LogP contribution in [0.1, 0.15) is 55.4 Å². The van der Waals surface area contributed by atoms with E-state index < -0.39 is 22.8 Å². The van der Waals surface area contributed by atoms with E-state index in [2.05, 4.69) is 0 Å². The molecule has 2 N–H and O–H groups in total. The number of rotatable bonds is 1. The number of carbonyl (C=O) groups is 2. The lowest BCUT2D eigenvalue weighted by Gasteiger charge is -2.08. The predicted octanol–water partition coefficient (Wildman–Crippen LogP) is 4.37. The Morgan fingerprint density at radius 3 is 0.900 bits per heavy atom. The van der Waals surface area contributed by atoms with Gasteiger partial charge in [-0.15, -0.1) is 0 Å². The quantitative estimate of drug-likeness (QED) is 0.702. The minimum Gasteiger partial charge on any atom is -0.481 e. The molecule has 0 atom stereocenters. The average molecular weight is 286 g/mol. The molecule has 0 bridgehead atoms. The van der Waals surface area contributed by atoms with Crippen LogP contribution in [0.3, 0.4) is 0 Å². The summed E-state index contributed by atoms with van der Waals surface area (Å²) in [5.41, 5.74) is -1.17. The maximum absolute atomic E-state index is 10.0. The van der Waals surface area contributed by atoms with Gasteiger partial charge < -0.3 is 10.2 Å². The largest absolute Gasteiger partial charge is 0.481 e. The lowest BCUT2D eigenvalue weighted by atomic mass is 9.98. The minimum absolute atomic E-state index is 0.583. The van der Waals surface area contributed by atoms with E-state index in [1.165, 1.54) is 0 Å². The molecule has 0 radical (unpaired) electrons. The van der Waals surface area contributed by atoms with Crippen molar-refractivity contribution in [3.63, 3.8) is 0 Å². The minimum atomic E-state index is -0.757. The molecule has 20 heavy (non-hydrogen) atoms. The molecule has 0 aliphatic rings. The third-order valence-electron chi connectivity index (χ3n) is 1.78. The number of hydrogen-bond donors (Lipinski definition) is 2. The zero-order valence-corrected chi connectivity index (χ0v) is 14.0. The van der Waals surface area contributed by atoms with Gasteiger partial charge in [0.05, 0.1) is 10.8 Å². The van der Waals surface area contributed by atoms with Gasteiger partial charge in [-0.05, 0) is 55.4 Å². The highest BCUT2D eigenvalue weighted by Gasteiger charge is 2.19. The van der Waals surface area contributed by atoms with Gasteiger partial charge in [0.25, 0.3) is 0 Å². The summed E-state index contributed by atoms with van der Waals surface area (Å²) in [5.74, 6) is -1.51. The van der Waals surface area contributed by atoms with Crippen molar-refractivity contribution in [3.05, 3.63) is 24.3 Å². The summed E-state index contributed by atoms with van der Waals surface area (Å²) in [6, 6.07) is 0. The van der Waals surface area contributed by atoms with E-state index in [4.69, 9.17) is 10.2 Å². The van der Waals surface area contributed by atoms with Gasteiger partial charge >= 0.3 is 11.9 Å². The molecule has 4 heteroatoms. The Bertz CT molecular complexity index is 291. The van der Waals surface area contributed by atoms with Crippen molar-refractivity contribution in [1.29, 1.82) is 0 Å². The van der Waals surface area contributed by atoms with Crippen LogP contribution in [-0.2, 0) is 9.59 Å². The Morgan fingerprint density at radius 1 is 0.700 bits per heavy atom. The van der Waals surface area contributed by atoms with Crippen molar-refractivity contribution >= 4 is 11.9 Å². The van der Waals surface area contributed by atoms with E-state index in [0.29, 0.717) is 0 Å². The van der Waals surface area contributed by atoms with E-state index in [1.54, 1.807) is 41.5 Å². The van der Waals surface area contributed by atoms with Gasteiger partial charge in [0.2, 0.25) is 0 Å². The topological polar surface area (TPSA) is 74.6 Å². The van der Waals surface area contributed by atoms with Crippen molar-refractivity contribution in [3.8, 4) is 0 Å². The highest BCUT2D eigenvalue weighted by molar-refractivity contribution is 5.73. The van der Waals surface area contributed by atoms with Crippen LogP contribution < -0.4 is 0 Å². The first-order chi connectivity index (χ1) is 8.80. The number of hydrogen-bond acceptors (Lipinski definition) is 2. The molecule has 0 unspecified atom stereocenters. The van der Waals surface area contributed by atoms with Crippen LogP contribution in [0.15, 0.2) is 24.3 Å². The Morgan fingerprint density at radius 2 is 0.850 bits per heavy atom. The number of carboxylic acid groups (broad SMARTS) is 2. The molecule has 0 fully saturated rings. The third-order valence-corrected chi connectivity index (χ3v) is 1.78. The standard InChI is InChI=1S/C6H10.2C5H10O2/c1-3-5-6-4-2;2*1-5(2,3)4(6)7/h3-6H,1-2H3;2*1-3H3,(H,6,7). The molecule has 0 aromatic rings. The second-order valence-corrected chi connectivity index (χ2v) is 6.16. The fourth-order valence-electron chi connectivity index (χ4n) is 0.222. The van der Waals surface area contributed by atoms with E-state index in [0.717, 1.165) is 0 Å². The molecule has 118 valence electrons. The summed E-state index contributed by atoms with van der Waals surface area (Å²) in [4.78, 5) is 20.0. The summed E-state index contributed by atoms with van der Waals surface area (Å²) in [7, 11) is 0. The van der Waals surface area contributed by atoms with E-state index in [-0.39, 0.29) is 0 Å². The summed E-state index contributed by atoms with van der Waals surface area (Å²) in [5, 5.41) is 16.5. The molecule has 0 aromatic carbocycles. The third kappa shape index (κ3) is 21.7. The molecule has 4 nitrogen and oxygen atoms in total. The molecule has 0 aliphatic heterocycles. The van der Waals surface area contributed by atoms with E-state index in [1.807, 2.05) is 38.2 Å². The zero-order valence-electron chi connectivity index (χ0n) is 14.0. The molecular weight excluding hydrogens is 256 g/mol. The number of aliphatic carboxylic acids is 2. The molecule has 0 heterocycles. The average Bonchev–Trinajstić information content (AvgIpc) is 2.25. The molecule has 0 saturated carbocycles. The molecule has 0 saturated heterocycles. The van der Waals surface area contributed by atoms with Gasteiger partial charge in [0.15, 0.2) is 0 Å². The lowest BCUT2D eigenvalue weighted by Crippen LogP contribution is -2.18. The molecule has 0 aliphatic carbocycles. The van der Waals surface area contributed by atoms with Gasteiger partial charge in [0, 0.05) is 0 Å². The van der Waals surface area contributed by atoms with E-state index in [9.17, 15) is 9.59 Å². The van der Waals surface area contributed by atoms with Crippen molar-refractivity contribution < 1.29 is 19.8 Å². The second kappa shape index (κ2) is 11.3. The van der Waals surface area contributed by atoms with Crippen LogP contribution in [0.2, 0.25) is 0 Å². The number of carboxylic acids is 2. The highest BCUT2D eigenvalue weighted by Crippen LogP contribution is 2.11. The Balaban J connectivity index is -0.000000218. The van der Waals surface area contributed by atoms with Gasteiger partial charge in [-0.25, -0.2) is 0 Å². The Kier molecular flexibility index (Phi) is 13.2. The van der Waals surface area contributed by atoms with Gasteiger partial charge in [-0.1, -0.05) is 24.3 Å². The van der Waals surface area contributed by atoms with Crippen LogP contribution >= 0.6 is 0 Å². The van der Waals surface area contributed by atoms with E-state index >= 15 is 0 Å². The highest BCUT2D eigenvalue weighted by atomic mass is 16.4. The van der Waals surface area contributed by atoms with Gasteiger partial charge in [-0.3, -0.25) is 9.59 Å². The SMILES string of the molecule is CC(C)(C)C(=O)O.CC(C)(C)C(=O)O.CC=CC=CC. The molecule has 0 spiro atoms. The maximum Gasteiger partial charge on any atom is 0.308 e. The van der Waals surface area contributed by atoms with Crippen molar-refractivity contribution in [2.24, 2.45) is 10.8 Å². The maximum atomic E-state index is 10.0. The fraction of sp³-hybridized carbons (Fsp3) is 0.625. The summed E-state index contributed by atoms with van der Waals surface area (Å²) in [6.45, 7) is 14.0. The van der Waals surface area contributed by atoms with Gasteiger partial charge in [-0.2, -0.15) is 0 Å². The van der Waals surface area contributed by atoms with Crippen molar-refractivity contribution in [2.75, 3.05) is 0 Å².